The van der Waals surface area contributed by atoms with Gasteiger partial charge in [-0.05, 0) is 0 Å². The summed E-state index contributed by atoms with van der Waals surface area (Å²) >= 11 is -2.27. The predicted molar refractivity (Wildman–Crippen MR) is 92.6 cm³/mol. The number of hydrogen-bond acceptors (Lipinski definition) is 1. The molecule has 1 rings (SSSR count). The molecular formula is C18H34OSn. The number of unbranched alkanes of at least 4 members (excludes halogenated alkanes) is 3. The molecule has 1 nitrogen and oxygen atoms in total. The molecule has 0 aliphatic rings. The van der Waals surface area contributed by atoms with E-state index in [0.29, 0.717) is 0 Å². The Morgan fingerprint density at radius 1 is 0.800 bits per heavy atom. The van der Waals surface area contributed by atoms with Gasteiger partial charge in [-0.25, -0.2) is 0 Å². The molecule has 0 bridgehead atoms. The van der Waals surface area contributed by atoms with Crippen molar-refractivity contribution in [2.75, 3.05) is 0 Å². The molecule has 0 aliphatic heterocycles. The molecule has 0 saturated carbocycles. The summed E-state index contributed by atoms with van der Waals surface area (Å²) in [6.45, 7) is 9.19. The quantitative estimate of drug-likeness (QED) is 0.433. The minimum absolute atomic E-state index is 1.04. The van der Waals surface area contributed by atoms with Gasteiger partial charge in [0.2, 0.25) is 0 Å². The Labute approximate surface area is 130 Å². The summed E-state index contributed by atoms with van der Waals surface area (Å²) in [5.41, 5.74) is 0. The molecule has 0 aromatic carbocycles. The monoisotopic (exact) mass is 386 g/mol. The minimum atomic E-state index is -2.27. The molecular weight excluding hydrogens is 351 g/mol. The summed E-state index contributed by atoms with van der Waals surface area (Å²) < 4.78 is 12.3. The van der Waals surface area contributed by atoms with E-state index >= 15 is 0 Å². The molecule has 1 heterocycles. The van der Waals surface area contributed by atoms with Gasteiger partial charge in [0.25, 0.3) is 0 Å². The molecule has 0 fully saturated rings. The van der Waals surface area contributed by atoms with Crippen LogP contribution in [-0.4, -0.2) is 18.4 Å². The van der Waals surface area contributed by atoms with Crippen LogP contribution in [0, 0.1) is 0 Å². The maximum absolute atomic E-state index is 6.28. The Kier molecular flexibility index (Phi) is 8.99. The van der Waals surface area contributed by atoms with Gasteiger partial charge in [-0.2, -0.15) is 0 Å². The molecule has 0 spiro atoms. The molecule has 0 amide bonds. The van der Waals surface area contributed by atoms with Gasteiger partial charge in [0.15, 0.2) is 0 Å². The van der Waals surface area contributed by atoms with Crippen LogP contribution in [0.25, 0.3) is 0 Å². The molecule has 1 aromatic rings. The fourth-order valence-electron chi connectivity index (χ4n) is 3.14. The van der Waals surface area contributed by atoms with Crippen molar-refractivity contribution in [3.63, 3.8) is 0 Å². The molecule has 0 saturated heterocycles. The fourth-order valence-corrected chi connectivity index (χ4v) is 18.5. The summed E-state index contributed by atoms with van der Waals surface area (Å²) in [5.74, 6) is 1.20. The third-order valence-electron chi connectivity index (χ3n) is 4.56. The molecule has 0 atom stereocenters. The van der Waals surface area contributed by atoms with Crippen molar-refractivity contribution in [2.24, 2.45) is 0 Å². The van der Waals surface area contributed by atoms with Crippen molar-refractivity contribution in [1.29, 1.82) is 0 Å². The zero-order chi connectivity index (χ0) is 14.8. The van der Waals surface area contributed by atoms with Gasteiger partial charge in [0.05, 0.1) is 0 Å². The Balaban J connectivity index is 2.97. The van der Waals surface area contributed by atoms with Gasteiger partial charge in [-0.15, -0.1) is 0 Å². The number of furan rings is 1. The van der Waals surface area contributed by atoms with Crippen LogP contribution in [0.4, 0.5) is 0 Å². The first-order chi connectivity index (χ1) is 9.72. The van der Waals surface area contributed by atoms with Crippen molar-refractivity contribution in [3.05, 3.63) is 17.9 Å². The first-order valence-corrected chi connectivity index (χ1v) is 16.3. The van der Waals surface area contributed by atoms with Crippen molar-refractivity contribution >= 4 is 22.2 Å². The molecule has 0 aliphatic carbocycles. The van der Waals surface area contributed by atoms with Gasteiger partial charge in [0, 0.05) is 0 Å². The van der Waals surface area contributed by atoms with Gasteiger partial charge >= 0.3 is 130 Å². The van der Waals surface area contributed by atoms with E-state index in [0.717, 1.165) is 6.42 Å². The summed E-state index contributed by atoms with van der Waals surface area (Å²) in [5, 5.41) is 0. The first kappa shape index (κ1) is 18.1. The van der Waals surface area contributed by atoms with Crippen molar-refractivity contribution in [2.45, 2.75) is 86.0 Å². The van der Waals surface area contributed by atoms with Crippen LogP contribution in [0.5, 0.6) is 0 Å². The van der Waals surface area contributed by atoms with Crippen LogP contribution in [0.3, 0.4) is 0 Å². The van der Waals surface area contributed by atoms with E-state index in [4.69, 9.17) is 4.42 Å². The third kappa shape index (κ3) is 5.12. The summed E-state index contributed by atoms with van der Waals surface area (Å²) in [7, 11) is 0. The van der Waals surface area contributed by atoms with Crippen LogP contribution < -0.4 is 3.78 Å². The van der Waals surface area contributed by atoms with Gasteiger partial charge in [-0.3, -0.25) is 0 Å². The Hall–Kier alpha value is 0.0787. The molecule has 0 radical (unpaired) electrons. The summed E-state index contributed by atoms with van der Waals surface area (Å²) in [6.07, 6.45) is 9.26. The number of rotatable bonds is 11. The third-order valence-corrected chi connectivity index (χ3v) is 19.5. The van der Waals surface area contributed by atoms with Crippen LogP contribution in [-0.2, 0) is 6.42 Å². The van der Waals surface area contributed by atoms with Crippen LogP contribution in [0.15, 0.2) is 16.5 Å². The Bertz CT molecular complexity index is 334. The van der Waals surface area contributed by atoms with Crippen LogP contribution in [0.2, 0.25) is 13.3 Å². The second-order valence-corrected chi connectivity index (χ2v) is 19.2. The summed E-state index contributed by atoms with van der Waals surface area (Å²) in [6, 6.07) is 4.60. The van der Waals surface area contributed by atoms with Gasteiger partial charge in [-0.1, -0.05) is 0 Å². The zero-order valence-corrected chi connectivity index (χ0v) is 17.0. The van der Waals surface area contributed by atoms with E-state index in [1.807, 2.05) is 0 Å². The molecule has 0 unspecified atom stereocenters. The second kappa shape index (κ2) is 9.91. The molecule has 20 heavy (non-hydrogen) atoms. The van der Waals surface area contributed by atoms with Crippen LogP contribution >= 0.6 is 0 Å². The maximum atomic E-state index is 6.28. The average molecular weight is 385 g/mol. The second-order valence-electron chi connectivity index (χ2n) is 6.21. The van der Waals surface area contributed by atoms with Gasteiger partial charge < -0.3 is 0 Å². The SMILES string of the molecule is CCC[CH2][Sn]([CH2]CCC)([CH2]CCC)[c]1ccc(CC)o1. The van der Waals surface area contributed by atoms with Crippen LogP contribution in [0.1, 0.15) is 72.0 Å². The fraction of sp³-hybridized carbons (Fsp3) is 0.778. The van der Waals surface area contributed by atoms with Gasteiger partial charge in [0.1, 0.15) is 0 Å². The molecule has 2 heteroatoms. The standard InChI is InChI=1S/C6H7O.3C4H9.Sn/c1-2-6-4-3-5-7-6;3*1-3-4-2;/h3-4H,2H2,1H3;3*1,3-4H2,2H3;. The van der Waals surface area contributed by atoms with E-state index in [1.54, 1.807) is 0 Å². The molecule has 116 valence electrons. The Morgan fingerprint density at radius 2 is 1.30 bits per heavy atom. The topological polar surface area (TPSA) is 13.1 Å². The number of aryl methyl sites for hydroxylation is 1. The molecule has 1 aromatic heterocycles. The van der Waals surface area contributed by atoms with E-state index in [-0.39, 0.29) is 0 Å². The van der Waals surface area contributed by atoms with E-state index in [1.165, 1.54) is 61.4 Å². The average Bonchev–Trinajstić information content (AvgIpc) is 2.96. The van der Waals surface area contributed by atoms with Crippen molar-refractivity contribution in [1.82, 2.24) is 0 Å². The zero-order valence-electron chi connectivity index (χ0n) is 14.1. The number of hydrogen-bond donors (Lipinski definition) is 0. The Morgan fingerprint density at radius 3 is 1.65 bits per heavy atom. The molecule has 0 N–H and O–H groups in total. The normalized spacial score (nSPS) is 12.0. The first-order valence-electron chi connectivity index (χ1n) is 8.81. The summed E-state index contributed by atoms with van der Waals surface area (Å²) in [4.78, 5) is 0. The van der Waals surface area contributed by atoms with Crippen molar-refractivity contribution < 1.29 is 4.42 Å². The van der Waals surface area contributed by atoms with Crippen molar-refractivity contribution in [3.8, 4) is 0 Å². The van der Waals surface area contributed by atoms with E-state index in [9.17, 15) is 0 Å². The van der Waals surface area contributed by atoms with E-state index < -0.39 is 18.4 Å². The predicted octanol–water partition coefficient (Wildman–Crippen LogP) is 5.90. The van der Waals surface area contributed by atoms with E-state index in [2.05, 4.69) is 39.8 Å².